The van der Waals surface area contributed by atoms with E-state index in [1.54, 1.807) is 19.4 Å². The number of aromatic nitrogens is 3. The molecule has 1 aliphatic rings. The van der Waals surface area contributed by atoms with E-state index >= 15 is 0 Å². The molecule has 208 valence electrons. The molecule has 6 rings (SSSR count). The standard InChI is InChI=1S/C33H32N4O4/c1-19(2)26-16-27(20(3)13-30(26)39-6)32-35-28-10-8-7-9-25(28)33(38)37(32)34-17-23-14-21(4)36(22(23)5)24-11-12-29-31(15-24)41-18-40-29/h7-17,19H,18H2,1-6H3. The van der Waals surface area contributed by atoms with Crippen molar-refractivity contribution in [1.82, 2.24) is 14.2 Å². The molecular weight excluding hydrogens is 516 g/mol. The van der Waals surface area contributed by atoms with E-state index < -0.39 is 0 Å². The van der Waals surface area contributed by atoms with Gasteiger partial charge < -0.3 is 18.8 Å². The molecule has 2 aromatic heterocycles. The minimum absolute atomic E-state index is 0.218. The van der Waals surface area contributed by atoms with Gasteiger partial charge in [-0.25, -0.2) is 4.98 Å². The Hall–Kier alpha value is -4.85. The van der Waals surface area contributed by atoms with E-state index in [4.69, 9.17) is 24.3 Å². The molecule has 41 heavy (non-hydrogen) atoms. The SMILES string of the molecule is COc1cc(C)c(-c2nc3ccccc3c(=O)n2N=Cc2cc(C)n(-c3ccc4c(c3)OCO4)c2C)cc1C(C)C. The Morgan fingerprint density at radius 1 is 1.00 bits per heavy atom. The summed E-state index contributed by atoms with van der Waals surface area (Å²) in [5, 5.41) is 5.26. The third kappa shape index (κ3) is 4.55. The summed E-state index contributed by atoms with van der Waals surface area (Å²) in [6, 6.07) is 19.4. The molecule has 8 nitrogen and oxygen atoms in total. The Kier molecular flexibility index (Phi) is 6.61. The van der Waals surface area contributed by atoms with Crippen molar-refractivity contribution in [3.05, 3.63) is 99.1 Å². The van der Waals surface area contributed by atoms with Crippen LogP contribution in [0.2, 0.25) is 0 Å². The molecule has 3 heterocycles. The van der Waals surface area contributed by atoms with Crippen molar-refractivity contribution in [3.63, 3.8) is 0 Å². The van der Waals surface area contributed by atoms with Crippen molar-refractivity contribution in [1.29, 1.82) is 0 Å². The summed E-state index contributed by atoms with van der Waals surface area (Å²) in [5.74, 6) is 2.98. The zero-order valence-electron chi connectivity index (χ0n) is 24.1. The predicted molar refractivity (Wildman–Crippen MR) is 161 cm³/mol. The topological polar surface area (TPSA) is 79.9 Å². The lowest BCUT2D eigenvalue weighted by Gasteiger charge is -2.17. The van der Waals surface area contributed by atoms with Crippen LogP contribution >= 0.6 is 0 Å². The van der Waals surface area contributed by atoms with E-state index in [9.17, 15) is 4.79 Å². The fraction of sp³-hybridized carbons (Fsp3) is 0.242. The van der Waals surface area contributed by atoms with Gasteiger partial charge in [-0.05, 0) is 80.3 Å². The normalized spacial score (nSPS) is 12.7. The molecule has 0 saturated carbocycles. The quantitative estimate of drug-likeness (QED) is 0.226. The number of hydrogen-bond acceptors (Lipinski definition) is 6. The Labute approximate surface area is 238 Å². The summed E-state index contributed by atoms with van der Waals surface area (Å²) in [5.41, 5.74) is 7.08. The zero-order valence-corrected chi connectivity index (χ0v) is 24.1. The molecule has 1 aliphatic heterocycles. The second-order valence-corrected chi connectivity index (χ2v) is 10.6. The highest BCUT2D eigenvalue weighted by Crippen LogP contribution is 2.36. The molecule has 0 N–H and O–H groups in total. The lowest BCUT2D eigenvalue weighted by molar-refractivity contribution is 0.174. The second kappa shape index (κ2) is 10.3. The van der Waals surface area contributed by atoms with Gasteiger partial charge in [-0.1, -0.05) is 26.0 Å². The van der Waals surface area contributed by atoms with Crippen LogP contribution in [0.1, 0.15) is 47.8 Å². The number of ether oxygens (including phenoxy) is 3. The third-order valence-corrected chi connectivity index (χ3v) is 7.59. The molecule has 0 spiro atoms. The average Bonchev–Trinajstić information content (AvgIpc) is 3.54. The maximum atomic E-state index is 13.8. The van der Waals surface area contributed by atoms with Gasteiger partial charge in [0.1, 0.15) is 5.75 Å². The zero-order chi connectivity index (χ0) is 28.8. The number of aryl methyl sites for hydroxylation is 2. The van der Waals surface area contributed by atoms with Gasteiger partial charge in [0.25, 0.3) is 5.56 Å². The Balaban J connectivity index is 1.50. The van der Waals surface area contributed by atoms with Gasteiger partial charge in [-0.3, -0.25) is 4.79 Å². The first-order valence-electron chi connectivity index (χ1n) is 13.6. The molecule has 0 aliphatic carbocycles. The lowest BCUT2D eigenvalue weighted by atomic mass is 9.96. The molecule has 0 amide bonds. The molecule has 0 fully saturated rings. The highest BCUT2D eigenvalue weighted by molar-refractivity contribution is 5.84. The van der Waals surface area contributed by atoms with E-state index in [0.717, 1.165) is 56.6 Å². The first kappa shape index (κ1) is 26.4. The Morgan fingerprint density at radius 2 is 1.78 bits per heavy atom. The molecule has 0 saturated heterocycles. The van der Waals surface area contributed by atoms with Crippen molar-refractivity contribution >= 4 is 17.1 Å². The summed E-state index contributed by atoms with van der Waals surface area (Å²) in [7, 11) is 1.68. The third-order valence-electron chi connectivity index (χ3n) is 7.59. The molecule has 0 radical (unpaired) electrons. The summed E-state index contributed by atoms with van der Waals surface area (Å²) in [6.07, 6.45) is 1.73. The maximum absolute atomic E-state index is 13.8. The van der Waals surface area contributed by atoms with E-state index in [-0.39, 0.29) is 18.3 Å². The molecule has 8 heteroatoms. The van der Waals surface area contributed by atoms with Gasteiger partial charge in [0.2, 0.25) is 6.79 Å². The highest BCUT2D eigenvalue weighted by atomic mass is 16.7. The van der Waals surface area contributed by atoms with Gasteiger partial charge in [0.15, 0.2) is 17.3 Å². The van der Waals surface area contributed by atoms with E-state index in [0.29, 0.717) is 16.7 Å². The Bertz CT molecular complexity index is 1900. The summed E-state index contributed by atoms with van der Waals surface area (Å²) in [6.45, 7) is 10.5. The molecule has 5 aromatic rings. The molecule has 0 bridgehead atoms. The van der Waals surface area contributed by atoms with Crippen LogP contribution in [0, 0.1) is 20.8 Å². The van der Waals surface area contributed by atoms with Gasteiger partial charge >= 0.3 is 0 Å². The number of para-hydroxylation sites is 1. The predicted octanol–water partition coefficient (Wildman–Crippen LogP) is 6.52. The van der Waals surface area contributed by atoms with Crippen molar-refractivity contribution in [2.45, 2.75) is 40.5 Å². The first-order valence-corrected chi connectivity index (χ1v) is 13.6. The number of hydrogen-bond donors (Lipinski definition) is 0. The molecule has 0 atom stereocenters. The van der Waals surface area contributed by atoms with Crippen LogP contribution in [0.15, 0.2) is 70.6 Å². The first-order chi connectivity index (χ1) is 19.8. The van der Waals surface area contributed by atoms with Crippen LogP contribution in [0.25, 0.3) is 28.0 Å². The molecule has 0 unspecified atom stereocenters. The van der Waals surface area contributed by atoms with Gasteiger partial charge in [0, 0.05) is 34.3 Å². The van der Waals surface area contributed by atoms with Crippen molar-refractivity contribution in [3.8, 4) is 34.3 Å². The largest absolute Gasteiger partial charge is 0.496 e. The highest BCUT2D eigenvalue weighted by Gasteiger charge is 2.19. The number of benzene rings is 3. The van der Waals surface area contributed by atoms with E-state index in [2.05, 4.69) is 30.5 Å². The van der Waals surface area contributed by atoms with E-state index in [1.807, 2.05) is 63.2 Å². The molecule has 3 aromatic carbocycles. The van der Waals surface area contributed by atoms with Crippen LogP contribution in [0.4, 0.5) is 0 Å². The van der Waals surface area contributed by atoms with E-state index in [1.165, 1.54) is 4.68 Å². The minimum atomic E-state index is -0.229. The number of nitrogens with zero attached hydrogens (tertiary/aromatic N) is 4. The van der Waals surface area contributed by atoms with Gasteiger partial charge in [-0.2, -0.15) is 9.78 Å². The Morgan fingerprint density at radius 3 is 2.56 bits per heavy atom. The van der Waals surface area contributed by atoms with Crippen LogP contribution < -0.4 is 19.8 Å². The average molecular weight is 549 g/mol. The van der Waals surface area contributed by atoms with Gasteiger partial charge in [0.05, 0.1) is 24.2 Å². The van der Waals surface area contributed by atoms with Crippen LogP contribution in [0.3, 0.4) is 0 Å². The number of fused-ring (bicyclic) bond motifs is 2. The number of rotatable bonds is 6. The monoisotopic (exact) mass is 548 g/mol. The van der Waals surface area contributed by atoms with Crippen molar-refractivity contribution in [2.24, 2.45) is 5.10 Å². The summed E-state index contributed by atoms with van der Waals surface area (Å²) < 4.78 is 20.3. The van der Waals surface area contributed by atoms with Crippen LogP contribution in [0.5, 0.6) is 17.2 Å². The number of methoxy groups -OCH3 is 1. The second-order valence-electron chi connectivity index (χ2n) is 10.6. The fourth-order valence-electron chi connectivity index (χ4n) is 5.43. The molecular formula is C33H32N4O4. The minimum Gasteiger partial charge on any atom is -0.496 e. The smallest absolute Gasteiger partial charge is 0.282 e. The summed E-state index contributed by atoms with van der Waals surface area (Å²) >= 11 is 0. The fourth-order valence-corrected chi connectivity index (χ4v) is 5.43. The van der Waals surface area contributed by atoms with Crippen molar-refractivity contribution < 1.29 is 14.2 Å². The van der Waals surface area contributed by atoms with Gasteiger partial charge in [-0.15, -0.1) is 0 Å². The van der Waals surface area contributed by atoms with Crippen LogP contribution in [-0.2, 0) is 0 Å². The lowest BCUT2D eigenvalue weighted by Crippen LogP contribution is -2.21. The summed E-state index contributed by atoms with van der Waals surface area (Å²) in [4.78, 5) is 18.8. The van der Waals surface area contributed by atoms with Crippen molar-refractivity contribution in [2.75, 3.05) is 13.9 Å². The van der Waals surface area contributed by atoms with Crippen LogP contribution in [-0.4, -0.2) is 34.3 Å². The maximum Gasteiger partial charge on any atom is 0.282 e.